The largest absolute Gasteiger partial charge is 0.465 e. The third-order valence-corrected chi connectivity index (χ3v) is 8.50. The van der Waals surface area contributed by atoms with Crippen LogP contribution in [-0.4, -0.2) is 35.8 Å². The molecule has 0 saturated carbocycles. The lowest BCUT2D eigenvalue weighted by molar-refractivity contribution is 0.0588. The number of ether oxygens (including phenoxy) is 2. The Kier molecular flexibility index (Phi) is 9.53. The Bertz CT molecular complexity index is 1380. The smallest absolute Gasteiger partial charge is 0.339 e. The number of amides is 1. The first-order valence-electron chi connectivity index (χ1n) is 11.4. The van der Waals surface area contributed by atoms with Crippen molar-refractivity contribution in [2.45, 2.75) is 19.6 Å². The average Bonchev–Trinajstić information content (AvgIpc) is 2.97. The molecule has 1 amide bonds. The topological polar surface area (TPSA) is 72.9 Å². The van der Waals surface area contributed by atoms with Gasteiger partial charge in [0.05, 0.1) is 30.9 Å². The molecule has 0 atom stereocenters. The van der Waals surface area contributed by atoms with E-state index >= 15 is 0 Å². The fourth-order valence-corrected chi connectivity index (χ4v) is 6.46. The zero-order valence-electron chi connectivity index (χ0n) is 20.5. The van der Waals surface area contributed by atoms with Crippen molar-refractivity contribution in [3.63, 3.8) is 0 Å². The number of nitrogens with zero attached hydrogens (tertiary/aromatic N) is 1. The van der Waals surface area contributed by atoms with Crippen LogP contribution in [0.4, 0.5) is 0 Å². The number of hydrogen-bond acceptors (Lipinski definition) is 8. The van der Waals surface area contributed by atoms with Crippen LogP contribution < -0.4 is 0 Å². The van der Waals surface area contributed by atoms with Crippen LogP contribution in [0.3, 0.4) is 0 Å². The maximum Gasteiger partial charge on any atom is 0.339 e. The predicted molar refractivity (Wildman–Crippen MR) is 150 cm³/mol. The molecule has 0 N–H and O–H groups in total. The molecule has 0 radical (unpaired) electrons. The minimum Gasteiger partial charge on any atom is -0.465 e. The molecule has 4 rings (SSSR count). The molecule has 0 spiro atoms. The summed E-state index contributed by atoms with van der Waals surface area (Å²) in [5, 5.41) is 0. The summed E-state index contributed by atoms with van der Waals surface area (Å²) in [6, 6.07) is 30.9. The van der Waals surface area contributed by atoms with Gasteiger partial charge in [-0.25, -0.2) is 13.3 Å². The molecule has 0 aliphatic rings. The maximum atomic E-state index is 14.1. The van der Waals surface area contributed by atoms with Crippen LogP contribution in [0.15, 0.2) is 123 Å². The van der Waals surface area contributed by atoms with Gasteiger partial charge in [0, 0.05) is 43.5 Å². The highest BCUT2D eigenvalue weighted by atomic mass is 32.2. The normalized spacial score (nSPS) is 10.5. The summed E-state index contributed by atoms with van der Waals surface area (Å²) < 4.78 is 11.4. The Labute approximate surface area is 234 Å². The van der Waals surface area contributed by atoms with Crippen molar-refractivity contribution in [3.8, 4) is 0 Å². The highest BCUT2D eigenvalue weighted by Crippen LogP contribution is 2.40. The quantitative estimate of drug-likeness (QED) is 0.156. The lowest BCUT2D eigenvalue weighted by Crippen LogP contribution is -2.19. The molecule has 0 fully saturated rings. The minimum atomic E-state index is -0.513. The third kappa shape index (κ3) is 6.61. The Hall–Kier alpha value is -3.66. The number of hydrogen-bond donors (Lipinski definition) is 0. The van der Waals surface area contributed by atoms with Gasteiger partial charge in [0.15, 0.2) is 0 Å². The Balaban J connectivity index is 1.75. The second-order valence-electron chi connectivity index (χ2n) is 7.63. The first-order chi connectivity index (χ1) is 18.5. The average molecular weight is 562 g/mol. The highest BCUT2D eigenvalue weighted by molar-refractivity contribution is 8.13. The SMILES string of the molecule is COC(=O)c1ccccc1SN(Sc1ccccc1C(=O)OC)C(=O)c1ccccc1Sc1ccccc1. The molecule has 0 saturated heterocycles. The third-order valence-electron chi connectivity index (χ3n) is 5.20. The van der Waals surface area contributed by atoms with Crippen molar-refractivity contribution in [2.75, 3.05) is 14.2 Å². The van der Waals surface area contributed by atoms with Gasteiger partial charge in [-0.15, -0.1) is 0 Å². The van der Waals surface area contributed by atoms with Gasteiger partial charge in [-0.3, -0.25) is 4.79 Å². The molecular formula is C29H23NO5S3. The highest BCUT2D eigenvalue weighted by Gasteiger charge is 2.26. The van der Waals surface area contributed by atoms with Crippen molar-refractivity contribution >= 4 is 53.5 Å². The fourth-order valence-electron chi connectivity index (χ4n) is 3.38. The van der Waals surface area contributed by atoms with Crippen LogP contribution in [0.25, 0.3) is 0 Å². The Morgan fingerprint density at radius 3 is 1.47 bits per heavy atom. The summed E-state index contributed by atoms with van der Waals surface area (Å²) in [6.07, 6.45) is 0. The molecule has 4 aromatic carbocycles. The summed E-state index contributed by atoms with van der Waals surface area (Å²) in [7, 11) is 2.62. The van der Waals surface area contributed by atoms with Gasteiger partial charge < -0.3 is 9.47 Å². The summed E-state index contributed by atoms with van der Waals surface area (Å²) in [5.74, 6) is -1.33. The van der Waals surface area contributed by atoms with Gasteiger partial charge in [0.25, 0.3) is 5.91 Å². The van der Waals surface area contributed by atoms with E-state index in [0.29, 0.717) is 26.5 Å². The predicted octanol–water partition coefficient (Wildman–Crippen LogP) is 7.27. The summed E-state index contributed by atoms with van der Waals surface area (Å²) >= 11 is 3.65. The Morgan fingerprint density at radius 1 is 0.553 bits per heavy atom. The van der Waals surface area contributed by atoms with Gasteiger partial charge >= 0.3 is 11.9 Å². The van der Waals surface area contributed by atoms with Gasteiger partial charge in [-0.05, 0) is 48.5 Å². The van der Waals surface area contributed by atoms with Crippen molar-refractivity contribution in [1.82, 2.24) is 3.71 Å². The molecule has 0 heterocycles. The zero-order chi connectivity index (χ0) is 26.9. The standard InChI is InChI=1S/C29H23NO5S3/c1-34-28(32)22-15-7-10-18-25(22)37-30(38-26-19-11-8-16-23(26)29(33)35-2)27(31)21-14-6-9-17-24(21)36-20-12-4-3-5-13-20/h3-19H,1-2H3. The van der Waals surface area contributed by atoms with E-state index in [1.165, 1.54) is 29.7 Å². The molecule has 38 heavy (non-hydrogen) atoms. The van der Waals surface area contributed by atoms with E-state index in [9.17, 15) is 14.4 Å². The van der Waals surface area contributed by atoms with E-state index in [1.807, 2.05) is 42.5 Å². The summed E-state index contributed by atoms with van der Waals surface area (Å²) in [5.41, 5.74) is 1.13. The maximum absolute atomic E-state index is 14.1. The summed E-state index contributed by atoms with van der Waals surface area (Å²) in [4.78, 5) is 41.8. The molecular weight excluding hydrogens is 539 g/mol. The molecule has 0 unspecified atom stereocenters. The van der Waals surface area contributed by atoms with Gasteiger partial charge in [0.2, 0.25) is 0 Å². The van der Waals surface area contributed by atoms with E-state index < -0.39 is 11.9 Å². The van der Waals surface area contributed by atoms with Crippen LogP contribution >= 0.6 is 35.7 Å². The zero-order valence-corrected chi connectivity index (χ0v) is 23.0. The van der Waals surface area contributed by atoms with Crippen molar-refractivity contribution in [1.29, 1.82) is 0 Å². The molecule has 6 nitrogen and oxygen atoms in total. The monoisotopic (exact) mass is 561 g/mol. The molecule has 0 bridgehead atoms. The van der Waals surface area contributed by atoms with E-state index in [0.717, 1.165) is 33.7 Å². The Morgan fingerprint density at radius 2 is 0.974 bits per heavy atom. The fraction of sp³-hybridized carbons (Fsp3) is 0.0690. The molecule has 0 aliphatic heterocycles. The lowest BCUT2D eigenvalue weighted by atomic mass is 10.2. The van der Waals surface area contributed by atoms with Crippen LogP contribution in [0, 0.1) is 0 Å². The summed E-state index contributed by atoms with van der Waals surface area (Å²) in [6.45, 7) is 0. The number of carbonyl (C=O) groups is 3. The lowest BCUT2D eigenvalue weighted by Gasteiger charge is -2.23. The van der Waals surface area contributed by atoms with Crippen LogP contribution in [0.2, 0.25) is 0 Å². The van der Waals surface area contributed by atoms with Crippen molar-refractivity contribution in [3.05, 3.63) is 120 Å². The van der Waals surface area contributed by atoms with Crippen LogP contribution in [0.5, 0.6) is 0 Å². The first kappa shape index (κ1) is 27.4. The van der Waals surface area contributed by atoms with E-state index in [1.54, 1.807) is 60.7 Å². The number of benzene rings is 4. The van der Waals surface area contributed by atoms with Gasteiger partial charge in [-0.1, -0.05) is 66.4 Å². The minimum absolute atomic E-state index is 0.307. The van der Waals surface area contributed by atoms with Crippen LogP contribution in [-0.2, 0) is 9.47 Å². The van der Waals surface area contributed by atoms with E-state index in [-0.39, 0.29) is 5.91 Å². The molecule has 0 aromatic heterocycles. The second kappa shape index (κ2) is 13.2. The molecule has 9 heteroatoms. The van der Waals surface area contributed by atoms with Crippen molar-refractivity contribution < 1.29 is 23.9 Å². The first-order valence-corrected chi connectivity index (χ1v) is 13.7. The van der Waals surface area contributed by atoms with E-state index in [4.69, 9.17) is 9.47 Å². The van der Waals surface area contributed by atoms with E-state index in [2.05, 4.69) is 0 Å². The van der Waals surface area contributed by atoms with Gasteiger partial charge in [-0.2, -0.15) is 0 Å². The molecule has 192 valence electrons. The molecule has 4 aromatic rings. The number of methoxy groups -OCH3 is 2. The number of esters is 2. The second-order valence-corrected chi connectivity index (χ2v) is 11.0. The number of carbonyl (C=O) groups excluding carboxylic acids is 3. The van der Waals surface area contributed by atoms with Gasteiger partial charge in [0.1, 0.15) is 0 Å². The molecule has 0 aliphatic carbocycles. The number of rotatable bonds is 9. The van der Waals surface area contributed by atoms with Crippen molar-refractivity contribution in [2.24, 2.45) is 0 Å². The van der Waals surface area contributed by atoms with Crippen LogP contribution in [0.1, 0.15) is 31.1 Å².